The molecule has 5 nitrogen and oxygen atoms in total. The molecule has 1 unspecified atom stereocenters. The maximum atomic E-state index is 13.0. The van der Waals surface area contributed by atoms with Gasteiger partial charge in [-0.1, -0.05) is 37.3 Å². The molecule has 1 atom stereocenters. The number of aryl methyl sites for hydroxylation is 1. The van der Waals surface area contributed by atoms with E-state index in [4.69, 9.17) is 4.98 Å². The molecule has 2 fully saturated rings. The Morgan fingerprint density at radius 1 is 1.07 bits per heavy atom. The van der Waals surface area contributed by atoms with E-state index in [1.807, 2.05) is 17.9 Å². The summed E-state index contributed by atoms with van der Waals surface area (Å²) >= 11 is 0. The molecule has 2 aliphatic rings. The summed E-state index contributed by atoms with van der Waals surface area (Å²) < 4.78 is 0. The van der Waals surface area contributed by atoms with Gasteiger partial charge in [-0.05, 0) is 62.5 Å². The fourth-order valence-corrected chi connectivity index (χ4v) is 4.62. The van der Waals surface area contributed by atoms with Gasteiger partial charge in [0.05, 0.1) is 0 Å². The normalized spacial score (nSPS) is 20.7. The van der Waals surface area contributed by atoms with Gasteiger partial charge in [0.1, 0.15) is 5.69 Å². The highest BCUT2D eigenvalue weighted by Crippen LogP contribution is 2.25. The van der Waals surface area contributed by atoms with Gasteiger partial charge in [0.15, 0.2) is 0 Å². The first-order chi connectivity index (χ1) is 14.1. The number of likely N-dealkylation sites (tertiary alicyclic amines) is 1. The maximum Gasteiger partial charge on any atom is 0.272 e. The summed E-state index contributed by atoms with van der Waals surface area (Å²) in [6.45, 7) is 7.76. The summed E-state index contributed by atoms with van der Waals surface area (Å²) in [4.78, 5) is 26.6. The minimum absolute atomic E-state index is 0.0577. The van der Waals surface area contributed by atoms with Gasteiger partial charge in [-0.2, -0.15) is 0 Å². The lowest BCUT2D eigenvalue weighted by atomic mass is 9.90. The van der Waals surface area contributed by atoms with Crippen LogP contribution in [0.1, 0.15) is 54.4 Å². The fraction of sp³-hybridized carbons (Fsp3) is 0.542. The Balaban J connectivity index is 1.41. The molecular formula is C24H32N4O. The number of aromatic nitrogens is 2. The van der Waals surface area contributed by atoms with Crippen LogP contribution in [0.25, 0.3) is 0 Å². The molecule has 0 aliphatic carbocycles. The van der Waals surface area contributed by atoms with Crippen LogP contribution in [0.4, 0.5) is 5.95 Å². The number of carbonyl (C=O) groups excluding carboxylic acids is 1. The number of amides is 1. The Morgan fingerprint density at radius 2 is 1.83 bits per heavy atom. The lowest BCUT2D eigenvalue weighted by Gasteiger charge is -2.33. The molecule has 2 aliphatic heterocycles. The second kappa shape index (κ2) is 8.93. The molecule has 5 heteroatoms. The lowest BCUT2D eigenvalue weighted by molar-refractivity contribution is 0.0677. The van der Waals surface area contributed by atoms with Crippen molar-refractivity contribution in [2.75, 3.05) is 31.1 Å². The quantitative estimate of drug-likeness (QED) is 0.785. The first-order valence-electron chi connectivity index (χ1n) is 11.0. The highest BCUT2D eigenvalue weighted by molar-refractivity contribution is 5.92. The predicted molar refractivity (Wildman–Crippen MR) is 116 cm³/mol. The van der Waals surface area contributed by atoms with E-state index in [0.717, 1.165) is 63.5 Å². The molecule has 2 saturated heterocycles. The van der Waals surface area contributed by atoms with Crippen LogP contribution in [-0.2, 0) is 6.42 Å². The lowest BCUT2D eigenvalue weighted by Crippen LogP contribution is -2.40. The number of rotatable bonds is 4. The molecule has 29 heavy (non-hydrogen) atoms. The number of benzene rings is 1. The van der Waals surface area contributed by atoms with Crippen molar-refractivity contribution in [3.63, 3.8) is 0 Å². The molecule has 1 aromatic carbocycles. The average molecular weight is 393 g/mol. The Hall–Kier alpha value is -2.43. The summed E-state index contributed by atoms with van der Waals surface area (Å²) in [6, 6.07) is 12.6. The monoisotopic (exact) mass is 392 g/mol. The van der Waals surface area contributed by atoms with Crippen LogP contribution < -0.4 is 4.90 Å². The van der Waals surface area contributed by atoms with Crippen LogP contribution in [0.15, 0.2) is 36.4 Å². The van der Waals surface area contributed by atoms with E-state index in [1.165, 1.54) is 12.0 Å². The molecular weight excluding hydrogens is 360 g/mol. The third-order valence-corrected chi connectivity index (χ3v) is 6.27. The minimum atomic E-state index is 0.0577. The number of hydrogen-bond donors (Lipinski definition) is 0. The van der Waals surface area contributed by atoms with Crippen molar-refractivity contribution in [3.8, 4) is 0 Å². The van der Waals surface area contributed by atoms with E-state index >= 15 is 0 Å². The van der Waals surface area contributed by atoms with Gasteiger partial charge in [-0.15, -0.1) is 0 Å². The van der Waals surface area contributed by atoms with Crippen LogP contribution in [0.3, 0.4) is 0 Å². The molecule has 0 radical (unpaired) electrons. The zero-order valence-electron chi connectivity index (χ0n) is 17.7. The van der Waals surface area contributed by atoms with Crippen molar-refractivity contribution in [1.82, 2.24) is 14.9 Å². The van der Waals surface area contributed by atoms with E-state index < -0.39 is 0 Å². The zero-order valence-corrected chi connectivity index (χ0v) is 17.7. The fourth-order valence-electron chi connectivity index (χ4n) is 4.62. The SMILES string of the molecule is Cc1cc(C(=O)N2CCCC(C)C2)nc(N2CCC(Cc3ccccc3)CC2)n1. The molecule has 4 rings (SSSR count). The molecule has 0 N–H and O–H groups in total. The van der Waals surface area contributed by atoms with Crippen molar-refractivity contribution in [1.29, 1.82) is 0 Å². The highest BCUT2D eigenvalue weighted by Gasteiger charge is 2.26. The van der Waals surface area contributed by atoms with Crippen LogP contribution in [-0.4, -0.2) is 47.0 Å². The minimum Gasteiger partial charge on any atom is -0.341 e. The van der Waals surface area contributed by atoms with Crippen LogP contribution in [0.2, 0.25) is 0 Å². The molecule has 0 saturated carbocycles. The Kier molecular flexibility index (Phi) is 6.12. The summed E-state index contributed by atoms with van der Waals surface area (Å²) in [5, 5.41) is 0. The van der Waals surface area contributed by atoms with Crippen LogP contribution in [0.5, 0.6) is 0 Å². The van der Waals surface area contributed by atoms with Crippen molar-refractivity contribution in [2.24, 2.45) is 11.8 Å². The molecule has 1 aromatic heterocycles. The first-order valence-corrected chi connectivity index (χ1v) is 11.0. The standard InChI is InChI=1S/C24H32N4O/c1-18-7-6-12-28(17-18)23(29)22-15-19(2)25-24(26-22)27-13-10-21(11-14-27)16-20-8-4-3-5-9-20/h3-5,8-9,15,18,21H,6-7,10-14,16-17H2,1-2H3. The van der Waals surface area contributed by atoms with E-state index in [-0.39, 0.29) is 5.91 Å². The number of carbonyl (C=O) groups is 1. The van der Waals surface area contributed by atoms with Gasteiger partial charge in [-0.3, -0.25) is 4.79 Å². The first kappa shape index (κ1) is 19.9. The van der Waals surface area contributed by atoms with Gasteiger partial charge in [0, 0.05) is 31.9 Å². The number of hydrogen-bond acceptors (Lipinski definition) is 4. The third-order valence-electron chi connectivity index (χ3n) is 6.27. The highest BCUT2D eigenvalue weighted by atomic mass is 16.2. The van der Waals surface area contributed by atoms with Gasteiger partial charge in [0.2, 0.25) is 5.95 Å². The van der Waals surface area contributed by atoms with Crippen LogP contribution in [0, 0.1) is 18.8 Å². The zero-order chi connectivity index (χ0) is 20.2. The van der Waals surface area contributed by atoms with Gasteiger partial charge < -0.3 is 9.80 Å². The summed E-state index contributed by atoms with van der Waals surface area (Å²) in [5.74, 6) is 2.05. The summed E-state index contributed by atoms with van der Waals surface area (Å²) in [6.07, 6.45) is 5.70. The van der Waals surface area contributed by atoms with Gasteiger partial charge >= 0.3 is 0 Å². The van der Waals surface area contributed by atoms with E-state index in [1.54, 1.807) is 0 Å². The molecule has 2 aromatic rings. The van der Waals surface area contributed by atoms with E-state index in [9.17, 15) is 4.79 Å². The van der Waals surface area contributed by atoms with Gasteiger partial charge in [-0.25, -0.2) is 9.97 Å². The molecule has 0 spiro atoms. The van der Waals surface area contributed by atoms with Crippen molar-refractivity contribution >= 4 is 11.9 Å². The smallest absolute Gasteiger partial charge is 0.272 e. The Morgan fingerprint density at radius 3 is 2.55 bits per heavy atom. The summed E-state index contributed by atoms with van der Waals surface area (Å²) in [7, 11) is 0. The summed E-state index contributed by atoms with van der Waals surface area (Å²) in [5.41, 5.74) is 2.84. The van der Waals surface area contributed by atoms with Crippen molar-refractivity contribution < 1.29 is 4.79 Å². The van der Waals surface area contributed by atoms with Gasteiger partial charge in [0.25, 0.3) is 5.91 Å². The molecule has 0 bridgehead atoms. The second-order valence-corrected chi connectivity index (χ2v) is 8.81. The predicted octanol–water partition coefficient (Wildman–Crippen LogP) is 4.12. The van der Waals surface area contributed by atoms with Crippen molar-refractivity contribution in [3.05, 3.63) is 53.3 Å². The molecule has 154 valence electrons. The molecule has 1 amide bonds. The number of piperidine rings is 2. The Bertz CT molecular complexity index is 830. The van der Waals surface area contributed by atoms with E-state index in [2.05, 4.69) is 47.1 Å². The van der Waals surface area contributed by atoms with E-state index in [0.29, 0.717) is 17.5 Å². The van der Waals surface area contributed by atoms with Crippen molar-refractivity contribution in [2.45, 2.75) is 46.0 Å². The average Bonchev–Trinajstić information content (AvgIpc) is 2.74. The number of nitrogens with zero attached hydrogens (tertiary/aromatic N) is 4. The topological polar surface area (TPSA) is 49.3 Å². The Labute approximate surface area is 174 Å². The maximum absolute atomic E-state index is 13.0. The van der Waals surface area contributed by atoms with Crippen LogP contribution >= 0.6 is 0 Å². The largest absolute Gasteiger partial charge is 0.341 e. The third kappa shape index (κ3) is 4.95. The number of anilines is 1. The molecule has 3 heterocycles. The second-order valence-electron chi connectivity index (χ2n) is 8.81.